The van der Waals surface area contributed by atoms with E-state index >= 15 is 0 Å². The van der Waals surface area contributed by atoms with E-state index in [0.717, 1.165) is 28.5 Å². The molecule has 0 amide bonds. The Kier molecular flexibility index (Phi) is 6.46. The summed E-state index contributed by atoms with van der Waals surface area (Å²) >= 11 is 6.80. The third kappa shape index (κ3) is 4.73. The molecule has 25 heavy (non-hydrogen) atoms. The zero-order chi connectivity index (χ0) is 18.6. The van der Waals surface area contributed by atoms with Gasteiger partial charge in [0.25, 0.3) is 0 Å². The SMILES string of the molecule is CCCCN1C(=CC(=O)c2cc(Cl)ccc2OC)SC=C1C(F)(F)F. The van der Waals surface area contributed by atoms with Gasteiger partial charge in [0.2, 0.25) is 0 Å². The number of allylic oxidation sites excluding steroid dienone is 2. The van der Waals surface area contributed by atoms with Crippen LogP contribution in [0.25, 0.3) is 0 Å². The van der Waals surface area contributed by atoms with Crippen LogP contribution in [0.4, 0.5) is 13.2 Å². The quantitative estimate of drug-likeness (QED) is 0.464. The molecule has 0 atom stereocenters. The molecular weight excluding hydrogens is 375 g/mol. The Bertz CT molecular complexity index is 716. The number of thioether (sulfide) groups is 1. The van der Waals surface area contributed by atoms with Crippen LogP contribution in [0.3, 0.4) is 0 Å². The third-order valence-electron chi connectivity index (χ3n) is 3.56. The van der Waals surface area contributed by atoms with Crippen LogP contribution in [0.1, 0.15) is 30.1 Å². The molecule has 1 heterocycles. The van der Waals surface area contributed by atoms with Crippen LogP contribution in [0.15, 0.2) is 40.4 Å². The van der Waals surface area contributed by atoms with Gasteiger partial charge in [-0.2, -0.15) is 13.2 Å². The molecule has 0 radical (unpaired) electrons. The van der Waals surface area contributed by atoms with Crippen molar-refractivity contribution in [1.82, 2.24) is 4.90 Å². The number of hydrogen-bond acceptors (Lipinski definition) is 4. The van der Waals surface area contributed by atoms with Gasteiger partial charge in [-0.05, 0) is 24.6 Å². The molecule has 0 aromatic heterocycles. The minimum atomic E-state index is -4.47. The summed E-state index contributed by atoms with van der Waals surface area (Å²) in [5, 5.41) is 1.62. The van der Waals surface area contributed by atoms with Crippen LogP contribution >= 0.6 is 23.4 Å². The van der Waals surface area contributed by atoms with Crippen molar-refractivity contribution in [2.75, 3.05) is 13.7 Å². The molecule has 0 spiro atoms. The highest BCUT2D eigenvalue weighted by Crippen LogP contribution is 2.42. The van der Waals surface area contributed by atoms with E-state index in [1.807, 2.05) is 6.92 Å². The first-order chi connectivity index (χ1) is 11.8. The van der Waals surface area contributed by atoms with E-state index in [2.05, 4.69) is 0 Å². The summed E-state index contributed by atoms with van der Waals surface area (Å²) in [5.74, 6) is -0.140. The molecule has 1 aromatic rings. The summed E-state index contributed by atoms with van der Waals surface area (Å²) in [6.07, 6.45) is -1.94. The first-order valence-electron chi connectivity index (χ1n) is 7.59. The average molecular weight is 392 g/mol. The van der Waals surface area contributed by atoms with Gasteiger partial charge in [-0.25, -0.2) is 0 Å². The Morgan fingerprint density at radius 2 is 2.12 bits per heavy atom. The molecule has 1 aromatic carbocycles. The summed E-state index contributed by atoms with van der Waals surface area (Å²) in [4.78, 5) is 13.7. The lowest BCUT2D eigenvalue weighted by Gasteiger charge is -2.24. The summed E-state index contributed by atoms with van der Waals surface area (Å²) in [7, 11) is 1.41. The maximum atomic E-state index is 13.2. The Hall–Kier alpha value is -1.60. The smallest absolute Gasteiger partial charge is 0.431 e. The van der Waals surface area contributed by atoms with Gasteiger partial charge in [0.05, 0.1) is 17.7 Å². The second-order valence-electron chi connectivity index (χ2n) is 5.32. The van der Waals surface area contributed by atoms with Gasteiger partial charge in [-0.1, -0.05) is 36.7 Å². The number of hydrogen-bond donors (Lipinski definition) is 0. The number of halogens is 4. The average Bonchev–Trinajstić information content (AvgIpc) is 2.95. The summed E-state index contributed by atoms with van der Waals surface area (Å²) in [6.45, 7) is 2.09. The maximum absolute atomic E-state index is 13.2. The fraction of sp³-hybridized carbons (Fsp3) is 0.353. The molecule has 0 fully saturated rings. The van der Waals surface area contributed by atoms with Crippen molar-refractivity contribution in [2.45, 2.75) is 25.9 Å². The monoisotopic (exact) mass is 391 g/mol. The number of carbonyl (C=O) groups excluding carboxylic acids is 1. The molecule has 1 aliphatic rings. The molecule has 8 heteroatoms. The zero-order valence-corrected chi connectivity index (χ0v) is 15.3. The largest absolute Gasteiger partial charge is 0.496 e. The van der Waals surface area contributed by atoms with Crippen molar-refractivity contribution in [3.63, 3.8) is 0 Å². The molecule has 0 aliphatic carbocycles. The lowest BCUT2D eigenvalue weighted by molar-refractivity contribution is -0.107. The molecule has 2 rings (SSSR count). The van der Waals surface area contributed by atoms with E-state index in [1.165, 1.54) is 19.3 Å². The molecule has 0 unspecified atom stereocenters. The van der Waals surface area contributed by atoms with Gasteiger partial charge in [-0.15, -0.1) is 0 Å². The highest BCUT2D eigenvalue weighted by Gasteiger charge is 2.41. The lowest BCUT2D eigenvalue weighted by Crippen LogP contribution is -2.28. The second kappa shape index (κ2) is 8.19. The first-order valence-corrected chi connectivity index (χ1v) is 8.84. The van der Waals surface area contributed by atoms with Crippen LogP contribution in [0.2, 0.25) is 5.02 Å². The number of unbranched alkanes of at least 4 members (excludes halogenated alkanes) is 1. The van der Waals surface area contributed by atoms with Crippen molar-refractivity contribution < 1.29 is 22.7 Å². The van der Waals surface area contributed by atoms with Gasteiger partial charge < -0.3 is 9.64 Å². The van der Waals surface area contributed by atoms with Crippen LogP contribution in [0.5, 0.6) is 5.75 Å². The highest BCUT2D eigenvalue weighted by molar-refractivity contribution is 8.06. The van der Waals surface area contributed by atoms with Crippen molar-refractivity contribution in [3.05, 3.63) is 51.0 Å². The minimum absolute atomic E-state index is 0.195. The number of benzene rings is 1. The maximum Gasteiger partial charge on any atom is 0.431 e. The molecular formula is C17H17ClF3NO2S. The molecule has 1 aliphatic heterocycles. The molecule has 136 valence electrons. The van der Waals surface area contributed by atoms with Crippen molar-refractivity contribution in [2.24, 2.45) is 0 Å². The van der Waals surface area contributed by atoms with Crippen LogP contribution in [0, 0.1) is 0 Å². The molecule has 0 saturated heterocycles. The van der Waals surface area contributed by atoms with Crippen molar-refractivity contribution in [1.29, 1.82) is 0 Å². The Labute approximate surface area is 153 Å². The van der Waals surface area contributed by atoms with Crippen molar-refractivity contribution in [3.8, 4) is 5.75 Å². The fourth-order valence-electron chi connectivity index (χ4n) is 2.30. The molecule has 0 bridgehead atoms. The summed E-state index contributed by atoms with van der Waals surface area (Å²) in [5.41, 5.74) is -0.540. The Morgan fingerprint density at radius 3 is 2.72 bits per heavy atom. The standard InChI is InChI=1S/C17H17ClF3NO2S/c1-3-4-7-22-15(17(19,20)21)10-25-16(22)9-13(23)12-8-11(18)5-6-14(12)24-2/h5-6,8-10H,3-4,7H2,1-2H3. The van der Waals surface area contributed by atoms with Crippen molar-refractivity contribution >= 4 is 29.1 Å². The fourth-order valence-corrected chi connectivity index (χ4v) is 3.46. The molecule has 3 nitrogen and oxygen atoms in total. The van der Waals surface area contributed by atoms with Gasteiger partial charge >= 0.3 is 6.18 Å². The number of ketones is 1. The van der Waals surface area contributed by atoms with Crippen LogP contribution < -0.4 is 4.74 Å². The summed E-state index contributed by atoms with van der Waals surface area (Å²) < 4.78 is 44.6. The highest BCUT2D eigenvalue weighted by atomic mass is 35.5. The van der Waals surface area contributed by atoms with Crippen LogP contribution in [-0.2, 0) is 0 Å². The Balaban J connectivity index is 2.33. The molecule has 0 saturated carbocycles. The van der Waals surface area contributed by atoms with E-state index in [1.54, 1.807) is 12.1 Å². The van der Waals surface area contributed by atoms with Gasteiger partial charge in [0, 0.05) is 23.1 Å². The molecule has 0 N–H and O–H groups in total. The van der Waals surface area contributed by atoms with Gasteiger partial charge in [0.15, 0.2) is 5.78 Å². The number of carbonyl (C=O) groups is 1. The van der Waals surface area contributed by atoms with E-state index in [0.29, 0.717) is 17.2 Å². The predicted molar refractivity (Wildman–Crippen MR) is 93.8 cm³/mol. The van der Waals surface area contributed by atoms with E-state index in [9.17, 15) is 18.0 Å². The number of rotatable bonds is 6. The number of alkyl halides is 3. The van der Waals surface area contributed by atoms with Gasteiger partial charge in [-0.3, -0.25) is 4.79 Å². The number of nitrogens with zero attached hydrogens (tertiary/aromatic N) is 1. The van der Waals surface area contributed by atoms with E-state index < -0.39 is 17.7 Å². The van der Waals surface area contributed by atoms with E-state index in [4.69, 9.17) is 16.3 Å². The number of ether oxygens (including phenoxy) is 1. The zero-order valence-electron chi connectivity index (χ0n) is 13.7. The third-order valence-corrected chi connectivity index (χ3v) is 4.71. The van der Waals surface area contributed by atoms with Crippen LogP contribution in [-0.4, -0.2) is 30.5 Å². The van der Waals surface area contributed by atoms with E-state index in [-0.39, 0.29) is 17.1 Å². The Morgan fingerprint density at radius 1 is 1.40 bits per heavy atom. The first kappa shape index (κ1) is 19.7. The topological polar surface area (TPSA) is 29.5 Å². The lowest BCUT2D eigenvalue weighted by atomic mass is 10.1. The minimum Gasteiger partial charge on any atom is -0.496 e. The number of methoxy groups -OCH3 is 1. The predicted octanol–water partition coefficient (Wildman–Crippen LogP) is 5.63. The normalized spacial score (nSPS) is 16.3. The van der Waals surface area contributed by atoms with Gasteiger partial charge in [0.1, 0.15) is 11.4 Å². The summed E-state index contributed by atoms with van der Waals surface area (Å²) in [6, 6.07) is 4.56. The second-order valence-corrected chi connectivity index (χ2v) is 6.64.